The predicted molar refractivity (Wildman–Crippen MR) is 93.4 cm³/mol. The van der Waals surface area contributed by atoms with Crippen molar-refractivity contribution in [3.63, 3.8) is 0 Å². The maximum absolute atomic E-state index is 12.5. The van der Waals surface area contributed by atoms with Crippen LogP contribution in [0.4, 0.5) is 4.79 Å². The Morgan fingerprint density at radius 2 is 2.16 bits per heavy atom. The average Bonchev–Trinajstić information content (AvgIpc) is 3.25. The number of hydrogen-bond acceptors (Lipinski definition) is 4. The summed E-state index contributed by atoms with van der Waals surface area (Å²) < 4.78 is 17.4. The summed E-state index contributed by atoms with van der Waals surface area (Å²) in [5, 5.41) is 1.17. The molecule has 3 heterocycles. The lowest BCUT2D eigenvalue weighted by Crippen LogP contribution is -2.60. The SMILES string of the molecule is CCOC(=O)N1CCCC2(OCCO2)C1Cc1c[nH]c2ccccc12. The molecule has 6 nitrogen and oxygen atoms in total. The van der Waals surface area contributed by atoms with E-state index < -0.39 is 5.79 Å². The van der Waals surface area contributed by atoms with Gasteiger partial charge in [-0.1, -0.05) is 18.2 Å². The standard InChI is InChI=1S/C19H24N2O4/c1-2-23-18(22)21-9-5-8-19(24-10-11-25-19)17(21)12-14-13-20-16-7-4-3-6-15(14)16/h3-4,6-7,13,17,20H,2,5,8-12H2,1H3. The third kappa shape index (κ3) is 2.89. The van der Waals surface area contributed by atoms with Gasteiger partial charge in [0.2, 0.25) is 0 Å². The van der Waals surface area contributed by atoms with E-state index in [9.17, 15) is 4.79 Å². The molecule has 2 fully saturated rings. The molecule has 2 aliphatic rings. The quantitative estimate of drug-likeness (QED) is 0.929. The summed E-state index contributed by atoms with van der Waals surface area (Å²) in [6.45, 7) is 4.00. The van der Waals surface area contributed by atoms with Crippen LogP contribution in [0.25, 0.3) is 10.9 Å². The van der Waals surface area contributed by atoms with Crippen LogP contribution < -0.4 is 0 Å². The Morgan fingerprint density at radius 3 is 2.96 bits per heavy atom. The van der Waals surface area contributed by atoms with Crippen LogP contribution in [0, 0.1) is 0 Å². The number of piperidine rings is 1. The largest absolute Gasteiger partial charge is 0.450 e. The van der Waals surface area contributed by atoms with Gasteiger partial charge in [0.25, 0.3) is 0 Å². The number of likely N-dealkylation sites (tertiary alicyclic amines) is 1. The number of benzene rings is 1. The number of aromatic nitrogens is 1. The Hall–Kier alpha value is -2.05. The zero-order chi connectivity index (χ0) is 17.3. The molecule has 1 unspecified atom stereocenters. The average molecular weight is 344 g/mol. The fourth-order valence-corrected chi connectivity index (χ4v) is 4.06. The van der Waals surface area contributed by atoms with Crippen molar-refractivity contribution in [2.45, 2.75) is 38.0 Å². The van der Waals surface area contributed by atoms with Gasteiger partial charge in [-0.15, -0.1) is 0 Å². The van der Waals surface area contributed by atoms with Gasteiger partial charge in [-0.05, 0) is 25.0 Å². The number of amides is 1. The van der Waals surface area contributed by atoms with Gasteiger partial charge >= 0.3 is 6.09 Å². The van der Waals surface area contributed by atoms with E-state index in [4.69, 9.17) is 14.2 Å². The van der Waals surface area contributed by atoms with Crippen LogP contribution in [0.3, 0.4) is 0 Å². The summed E-state index contributed by atoms with van der Waals surface area (Å²) >= 11 is 0. The fourth-order valence-electron chi connectivity index (χ4n) is 4.06. The predicted octanol–water partition coefficient (Wildman–Crippen LogP) is 3.07. The number of fused-ring (bicyclic) bond motifs is 1. The Bertz CT molecular complexity index is 751. The molecule has 134 valence electrons. The summed E-state index contributed by atoms with van der Waals surface area (Å²) in [6.07, 6.45) is 4.05. The highest BCUT2D eigenvalue weighted by atomic mass is 16.7. The molecule has 1 atom stereocenters. The third-order valence-corrected chi connectivity index (χ3v) is 5.17. The highest BCUT2D eigenvalue weighted by Crippen LogP contribution is 2.38. The molecule has 0 radical (unpaired) electrons. The number of para-hydroxylation sites is 1. The van der Waals surface area contributed by atoms with Crippen molar-refractivity contribution < 1.29 is 19.0 Å². The van der Waals surface area contributed by atoms with E-state index >= 15 is 0 Å². The monoisotopic (exact) mass is 344 g/mol. The van der Waals surface area contributed by atoms with E-state index in [1.165, 1.54) is 5.39 Å². The fraction of sp³-hybridized carbons (Fsp3) is 0.526. The van der Waals surface area contributed by atoms with E-state index in [1.54, 1.807) is 4.90 Å². The highest BCUT2D eigenvalue weighted by molar-refractivity contribution is 5.83. The molecule has 1 spiro atoms. The normalized spacial score (nSPS) is 22.6. The first-order valence-corrected chi connectivity index (χ1v) is 9.00. The van der Waals surface area contributed by atoms with Crippen molar-refractivity contribution in [2.24, 2.45) is 0 Å². The molecule has 25 heavy (non-hydrogen) atoms. The lowest BCUT2D eigenvalue weighted by atomic mass is 9.89. The Labute approximate surface area is 147 Å². The van der Waals surface area contributed by atoms with Gasteiger partial charge in [0.15, 0.2) is 5.79 Å². The van der Waals surface area contributed by atoms with E-state index in [2.05, 4.69) is 17.1 Å². The molecule has 0 saturated carbocycles. The summed E-state index contributed by atoms with van der Waals surface area (Å²) in [7, 11) is 0. The first kappa shape index (κ1) is 16.4. The Morgan fingerprint density at radius 1 is 1.36 bits per heavy atom. The molecule has 1 amide bonds. The van der Waals surface area contributed by atoms with Gasteiger partial charge < -0.3 is 19.2 Å². The summed E-state index contributed by atoms with van der Waals surface area (Å²) in [5.74, 6) is -0.719. The number of aromatic amines is 1. The number of rotatable bonds is 3. The van der Waals surface area contributed by atoms with Crippen LogP contribution in [0.15, 0.2) is 30.5 Å². The summed E-state index contributed by atoms with van der Waals surface area (Å²) in [4.78, 5) is 17.6. The van der Waals surface area contributed by atoms with E-state index in [-0.39, 0.29) is 12.1 Å². The molecule has 1 N–H and O–H groups in total. The van der Waals surface area contributed by atoms with Crippen molar-refractivity contribution in [1.82, 2.24) is 9.88 Å². The molecule has 2 aliphatic heterocycles. The van der Waals surface area contributed by atoms with Gasteiger partial charge in [-0.3, -0.25) is 4.90 Å². The molecule has 4 rings (SSSR count). The maximum Gasteiger partial charge on any atom is 0.410 e. The first-order valence-electron chi connectivity index (χ1n) is 9.00. The van der Waals surface area contributed by atoms with Crippen molar-refractivity contribution in [3.8, 4) is 0 Å². The van der Waals surface area contributed by atoms with Gasteiger partial charge in [-0.2, -0.15) is 0 Å². The Kier molecular flexibility index (Phi) is 4.39. The van der Waals surface area contributed by atoms with Crippen LogP contribution in [0.2, 0.25) is 0 Å². The second kappa shape index (κ2) is 6.69. The second-order valence-electron chi connectivity index (χ2n) is 6.58. The van der Waals surface area contributed by atoms with Crippen LogP contribution >= 0.6 is 0 Å². The molecule has 1 aromatic heterocycles. The third-order valence-electron chi connectivity index (χ3n) is 5.17. The number of carbonyl (C=O) groups is 1. The molecule has 6 heteroatoms. The van der Waals surface area contributed by atoms with Crippen molar-refractivity contribution in [1.29, 1.82) is 0 Å². The van der Waals surface area contributed by atoms with Crippen molar-refractivity contribution in [2.75, 3.05) is 26.4 Å². The van der Waals surface area contributed by atoms with Crippen LogP contribution in [0.1, 0.15) is 25.3 Å². The molecular formula is C19H24N2O4. The smallest absolute Gasteiger partial charge is 0.410 e. The molecule has 1 aromatic carbocycles. The number of carbonyl (C=O) groups excluding carboxylic acids is 1. The minimum absolute atomic E-state index is 0.193. The van der Waals surface area contributed by atoms with E-state index in [0.717, 1.165) is 23.9 Å². The van der Waals surface area contributed by atoms with Crippen molar-refractivity contribution in [3.05, 3.63) is 36.0 Å². The molecule has 2 aromatic rings. The number of nitrogens with one attached hydrogen (secondary N) is 1. The molecular weight excluding hydrogens is 320 g/mol. The first-order chi connectivity index (χ1) is 12.2. The minimum Gasteiger partial charge on any atom is -0.450 e. The van der Waals surface area contributed by atoms with E-state index in [0.29, 0.717) is 32.8 Å². The van der Waals surface area contributed by atoms with Crippen LogP contribution in [0.5, 0.6) is 0 Å². The lowest BCUT2D eigenvalue weighted by molar-refractivity contribution is -0.216. The van der Waals surface area contributed by atoms with Gasteiger partial charge in [0.05, 0.1) is 25.9 Å². The summed E-state index contributed by atoms with van der Waals surface area (Å²) in [6, 6.07) is 8.01. The number of nitrogens with zero attached hydrogens (tertiary/aromatic N) is 1. The van der Waals surface area contributed by atoms with Crippen molar-refractivity contribution >= 4 is 17.0 Å². The van der Waals surface area contributed by atoms with Gasteiger partial charge in [0.1, 0.15) is 0 Å². The number of hydrogen-bond donors (Lipinski definition) is 1. The summed E-state index contributed by atoms with van der Waals surface area (Å²) in [5.41, 5.74) is 2.26. The second-order valence-corrected chi connectivity index (χ2v) is 6.58. The molecule has 0 bridgehead atoms. The zero-order valence-electron chi connectivity index (χ0n) is 14.5. The Balaban J connectivity index is 1.68. The van der Waals surface area contributed by atoms with Crippen LogP contribution in [-0.2, 0) is 20.6 Å². The highest BCUT2D eigenvalue weighted by Gasteiger charge is 2.51. The molecule has 0 aliphatic carbocycles. The topological polar surface area (TPSA) is 63.8 Å². The van der Waals surface area contributed by atoms with Gasteiger partial charge in [-0.25, -0.2) is 4.79 Å². The molecule has 2 saturated heterocycles. The lowest BCUT2D eigenvalue weighted by Gasteiger charge is -2.45. The van der Waals surface area contributed by atoms with E-state index in [1.807, 2.05) is 25.3 Å². The number of H-pyrrole nitrogens is 1. The van der Waals surface area contributed by atoms with Crippen LogP contribution in [-0.4, -0.2) is 54.2 Å². The minimum atomic E-state index is -0.719. The number of ether oxygens (including phenoxy) is 3. The maximum atomic E-state index is 12.5. The zero-order valence-corrected chi connectivity index (χ0v) is 14.5. The van der Waals surface area contributed by atoms with Gasteiger partial charge in [0, 0.05) is 36.5 Å².